The number of quaternary nitrogens is 1. The zero-order valence-corrected chi connectivity index (χ0v) is 7.42. The van der Waals surface area contributed by atoms with Crippen molar-refractivity contribution in [2.24, 2.45) is 0 Å². The van der Waals surface area contributed by atoms with Gasteiger partial charge in [0.1, 0.15) is 19.7 Å². The molecule has 0 amide bonds. The Morgan fingerprint density at radius 2 is 2.36 bits per heavy atom. The summed E-state index contributed by atoms with van der Waals surface area (Å²) in [5.74, 6) is 0. The Morgan fingerprint density at radius 3 is 2.91 bits per heavy atom. The Labute approximate surface area is 68.2 Å². The molecule has 11 heavy (non-hydrogen) atoms. The molecule has 0 spiro atoms. The third-order valence-corrected chi connectivity index (χ3v) is 2.57. The van der Waals surface area contributed by atoms with E-state index in [1.165, 1.54) is 0 Å². The van der Waals surface area contributed by atoms with Crippen molar-refractivity contribution < 1.29 is 14.3 Å². The molecule has 0 aromatic rings. The van der Waals surface area contributed by atoms with Crippen LogP contribution in [0.25, 0.3) is 0 Å². The van der Waals surface area contributed by atoms with Crippen LogP contribution in [0.15, 0.2) is 0 Å². The van der Waals surface area contributed by atoms with Gasteiger partial charge in [0.05, 0.1) is 13.7 Å². The number of aliphatic hydroxyl groups is 1. The minimum absolute atomic E-state index is 0.260. The van der Waals surface area contributed by atoms with Gasteiger partial charge in [-0.2, -0.15) is 0 Å². The van der Waals surface area contributed by atoms with Crippen LogP contribution in [0.5, 0.6) is 0 Å². The van der Waals surface area contributed by atoms with Crippen LogP contribution in [0.1, 0.15) is 13.3 Å². The molecule has 0 radical (unpaired) electrons. The van der Waals surface area contributed by atoms with Crippen molar-refractivity contribution in [1.82, 2.24) is 0 Å². The molecule has 1 saturated heterocycles. The van der Waals surface area contributed by atoms with Crippen molar-refractivity contribution in [2.75, 3.05) is 33.4 Å². The lowest BCUT2D eigenvalue weighted by molar-refractivity contribution is -0.932. The minimum atomic E-state index is 0.260. The van der Waals surface area contributed by atoms with E-state index in [9.17, 15) is 0 Å². The van der Waals surface area contributed by atoms with Gasteiger partial charge >= 0.3 is 0 Å². The second-order valence-electron chi connectivity index (χ2n) is 3.38. The number of likely N-dealkylation sites (N-methyl/N-ethyl adjacent to an activating group) is 1. The summed E-state index contributed by atoms with van der Waals surface area (Å²) in [5.41, 5.74) is 0. The second-order valence-corrected chi connectivity index (χ2v) is 3.38. The Bertz CT molecular complexity index is 129. The zero-order chi connectivity index (χ0) is 8.32. The first-order chi connectivity index (χ1) is 5.23. The maximum atomic E-state index is 8.83. The number of hydrogen-bond donors (Lipinski definition) is 1. The summed E-state index contributed by atoms with van der Waals surface area (Å²) in [4.78, 5) is 0. The molecule has 2 atom stereocenters. The molecule has 66 valence electrons. The van der Waals surface area contributed by atoms with Gasteiger partial charge in [0.15, 0.2) is 6.23 Å². The van der Waals surface area contributed by atoms with Crippen molar-refractivity contribution in [3.63, 3.8) is 0 Å². The van der Waals surface area contributed by atoms with Gasteiger partial charge in [0, 0.05) is 6.42 Å². The smallest absolute Gasteiger partial charge is 0.193 e. The number of aliphatic hydroxyl groups excluding tert-OH is 1. The fourth-order valence-corrected chi connectivity index (χ4v) is 1.76. The van der Waals surface area contributed by atoms with E-state index in [-0.39, 0.29) is 6.61 Å². The molecule has 2 unspecified atom stereocenters. The van der Waals surface area contributed by atoms with Crippen molar-refractivity contribution in [2.45, 2.75) is 19.6 Å². The zero-order valence-electron chi connectivity index (χ0n) is 7.42. The topological polar surface area (TPSA) is 29.5 Å². The maximum Gasteiger partial charge on any atom is 0.193 e. The highest BCUT2D eigenvalue weighted by Gasteiger charge is 2.36. The van der Waals surface area contributed by atoms with E-state index in [1.807, 2.05) is 0 Å². The number of hydrogen-bond acceptors (Lipinski definition) is 2. The molecule has 0 aromatic carbocycles. The van der Waals surface area contributed by atoms with Crippen LogP contribution < -0.4 is 0 Å². The molecular weight excluding hydrogens is 142 g/mol. The molecule has 1 rings (SSSR count). The van der Waals surface area contributed by atoms with Crippen molar-refractivity contribution in [3.05, 3.63) is 0 Å². The van der Waals surface area contributed by atoms with Crippen molar-refractivity contribution in [1.29, 1.82) is 0 Å². The van der Waals surface area contributed by atoms with Gasteiger partial charge in [-0.25, -0.2) is 0 Å². The standard InChI is InChI=1S/C8H18NO2/c1-3-8-9(2,4-6-10)5-7-11-8/h8,10H,3-7H2,1-2H3/q+1. The molecule has 1 aliphatic heterocycles. The van der Waals surface area contributed by atoms with Gasteiger partial charge in [0.25, 0.3) is 0 Å². The molecule has 1 fully saturated rings. The molecule has 3 nitrogen and oxygen atoms in total. The highest BCUT2D eigenvalue weighted by atomic mass is 16.5. The summed E-state index contributed by atoms with van der Waals surface area (Å²) >= 11 is 0. The predicted octanol–water partition coefficient (Wildman–Crippen LogP) is 0.192. The van der Waals surface area contributed by atoms with Gasteiger partial charge in [-0.1, -0.05) is 6.92 Å². The number of rotatable bonds is 3. The lowest BCUT2D eigenvalue weighted by Crippen LogP contribution is -2.49. The molecular formula is C8H18NO2+. The SMILES string of the molecule is CCC1OCC[N+]1(C)CCO. The first kappa shape index (κ1) is 8.97. The monoisotopic (exact) mass is 160 g/mol. The summed E-state index contributed by atoms with van der Waals surface area (Å²) in [6, 6.07) is 0. The second kappa shape index (κ2) is 3.52. The Hall–Kier alpha value is -0.120. The molecule has 3 heteroatoms. The number of nitrogens with zero attached hydrogens (tertiary/aromatic N) is 1. The summed E-state index contributed by atoms with van der Waals surface area (Å²) in [6.07, 6.45) is 1.35. The first-order valence-corrected chi connectivity index (χ1v) is 4.29. The molecule has 0 aromatic heterocycles. The van der Waals surface area contributed by atoms with Gasteiger partial charge in [-0.3, -0.25) is 4.48 Å². The summed E-state index contributed by atoms with van der Waals surface area (Å²) in [5, 5.41) is 8.83. The fraction of sp³-hybridized carbons (Fsp3) is 1.00. The lowest BCUT2D eigenvalue weighted by atomic mass is 10.3. The van der Waals surface area contributed by atoms with Crippen LogP contribution in [0.4, 0.5) is 0 Å². The van der Waals surface area contributed by atoms with Crippen LogP contribution in [0.3, 0.4) is 0 Å². The summed E-state index contributed by atoms with van der Waals surface area (Å²) in [6.45, 7) is 5.09. The van der Waals surface area contributed by atoms with Gasteiger partial charge in [-0.15, -0.1) is 0 Å². The third kappa shape index (κ3) is 1.72. The van der Waals surface area contributed by atoms with Crippen LogP contribution in [-0.2, 0) is 4.74 Å². The van der Waals surface area contributed by atoms with E-state index in [0.29, 0.717) is 6.23 Å². The van der Waals surface area contributed by atoms with E-state index in [0.717, 1.165) is 30.6 Å². The lowest BCUT2D eigenvalue weighted by Gasteiger charge is -2.32. The van der Waals surface area contributed by atoms with Crippen LogP contribution >= 0.6 is 0 Å². The highest BCUT2D eigenvalue weighted by molar-refractivity contribution is 4.53. The third-order valence-electron chi connectivity index (χ3n) is 2.57. The Kier molecular flexibility index (Phi) is 2.87. The minimum Gasteiger partial charge on any atom is -0.391 e. The highest BCUT2D eigenvalue weighted by Crippen LogP contribution is 2.20. The fourth-order valence-electron chi connectivity index (χ4n) is 1.76. The van der Waals surface area contributed by atoms with Crippen LogP contribution in [0, 0.1) is 0 Å². The van der Waals surface area contributed by atoms with Gasteiger partial charge < -0.3 is 9.84 Å². The molecule has 1 N–H and O–H groups in total. The molecule has 1 heterocycles. The summed E-state index contributed by atoms with van der Waals surface area (Å²) in [7, 11) is 2.15. The number of ether oxygens (including phenoxy) is 1. The molecule has 1 aliphatic rings. The van der Waals surface area contributed by atoms with E-state index in [2.05, 4.69) is 14.0 Å². The van der Waals surface area contributed by atoms with E-state index < -0.39 is 0 Å². The van der Waals surface area contributed by atoms with E-state index in [1.54, 1.807) is 0 Å². The Morgan fingerprint density at radius 1 is 1.64 bits per heavy atom. The van der Waals surface area contributed by atoms with Crippen molar-refractivity contribution >= 4 is 0 Å². The summed E-state index contributed by atoms with van der Waals surface area (Å²) < 4.78 is 6.41. The molecule has 0 bridgehead atoms. The quantitative estimate of drug-likeness (QED) is 0.597. The average Bonchev–Trinajstić information content (AvgIpc) is 2.31. The van der Waals surface area contributed by atoms with Crippen LogP contribution in [0.2, 0.25) is 0 Å². The average molecular weight is 160 g/mol. The first-order valence-electron chi connectivity index (χ1n) is 4.29. The maximum absolute atomic E-state index is 8.83. The molecule has 0 aliphatic carbocycles. The van der Waals surface area contributed by atoms with Gasteiger partial charge in [-0.05, 0) is 0 Å². The van der Waals surface area contributed by atoms with Crippen molar-refractivity contribution in [3.8, 4) is 0 Å². The Balaban J connectivity index is 2.51. The predicted molar refractivity (Wildman–Crippen MR) is 43.0 cm³/mol. The largest absolute Gasteiger partial charge is 0.391 e. The van der Waals surface area contributed by atoms with E-state index >= 15 is 0 Å². The van der Waals surface area contributed by atoms with Crippen LogP contribution in [-0.4, -0.2) is 49.2 Å². The van der Waals surface area contributed by atoms with E-state index in [4.69, 9.17) is 9.84 Å². The normalized spacial score (nSPS) is 37.9. The molecule has 0 saturated carbocycles. The van der Waals surface area contributed by atoms with Gasteiger partial charge in [0.2, 0.25) is 0 Å².